The van der Waals surface area contributed by atoms with Crippen LogP contribution in [-0.2, 0) is 6.42 Å². The summed E-state index contributed by atoms with van der Waals surface area (Å²) in [5.41, 5.74) is 2.65. The summed E-state index contributed by atoms with van der Waals surface area (Å²) < 4.78 is 18.4. The second kappa shape index (κ2) is 5.12. The van der Waals surface area contributed by atoms with Crippen molar-refractivity contribution >= 4 is 5.91 Å². The van der Waals surface area contributed by atoms with Crippen molar-refractivity contribution in [1.82, 2.24) is 5.32 Å². The zero-order chi connectivity index (χ0) is 14.1. The van der Waals surface area contributed by atoms with Crippen LogP contribution in [0.4, 0.5) is 4.39 Å². The zero-order valence-corrected chi connectivity index (χ0v) is 11.3. The van der Waals surface area contributed by atoms with E-state index in [-0.39, 0.29) is 17.8 Å². The Labute approximate surface area is 116 Å². The molecule has 3 nitrogen and oxygen atoms in total. The molecular weight excluding hydrogens is 257 g/mol. The molecule has 1 atom stereocenters. The Hall–Kier alpha value is -2.10. The Balaban J connectivity index is 1.80. The van der Waals surface area contributed by atoms with Gasteiger partial charge in [-0.3, -0.25) is 4.79 Å². The number of carbonyl (C=O) groups excluding carboxylic acids is 1. The lowest BCUT2D eigenvalue weighted by Gasteiger charge is -2.23. The molecule has 20 heavy (non-hydrogen) atoms. The van der Waals surface area contributed by atoms with Crippen molar-refractivity contribution < 1.29 is 13.6 Å². The second-order valence-corrected chi connectivity index (χ2v) is 5.18. The van der Waals surface area contributed by atoms with E-state index in [1.807, 2.05) is 6.92 Å². The maximum atomic E-state index is 12.9. The number of furan rings is 1. The molecule has 0 saturated heterocycles. The molecule has 1 N–H and O–H groups in total. The molecule has 0 aliphatic heterocycles. The van der Waals surface area contributed by atoms with Crippen LogP contribution in [0.1, 0.15) is 46.1 Å². The monoisotopic (exact) mass is 273 g/mol. The summed E-state index contributed by atoms with van der Waals surface area (Å²) in [6.07, 6.45) is 4.56. The predicted octanol–water partition coefficient (Wildman–Crippen LogP) is 3.53. The highest BCUT2D eigenvalue weighted by molar-refractivity contribution is 5.94. The molecule has 1 amide bonds. The predicted molar refractivity (Wildman–Crippen MR) is 73.0 cm³/mol. The molecule has 1 unspecified atom stereocenters. The minimum absolute atomic E-state index is 0.0185. The van der Waals surface area contributed by atoms with Gasteiger partial charge in [0.05, 0.1) is 12.3 Å². The molecule has 1 aromatic carbocycles. The molecule has 4 heteroatoms. The van der Waals surface area contributed by atoms with E-state index in [0.717, 1.165) is 36.1 Å². The first-order valence-corrected chi connectivity index (χ1v) is 6.78. The number of amides is 1. The molecule has 1 aliphatic rings. The molecule has 1 aromatic heterocycles. The van der Waals surface area contributed by atoms with Crippen LogP contribution >= 0.6 is 0 Å². The van der Waals surface area contributed by atoms with Crippen LogP contribution in [0.25, 0.3) is 0 Å². The summed E-state index contributed by atoms with van der Waals surface area (Å²) >= 11 is 0. The van der Waals surface area contributed by atoms with Crippen LogP contribution in [0.2, 0.25) is 0 Å². The number of benzene rings is 1. The number of fused-ring (bicyclic) bond motifs is 1. The highest BCUT2D eigenvalue weighted by Gasteiger charge is 2.26. The van der Waals surface area contributed by atoms with Gasteiger partial charge in [-0.1, -0.05) is 0 Å². The maximum Gasteiger partial charge on any atom is 0.251 e. The first-order chi connectivity index (χ1) is 9.65. The van der Waals surface area contributed by atoms with E-state index >= 15 is 0 Å². The van der Waals surface area contributed by atoms with E-state index in [2.05, 4.69) is 5.32 Å². The van der Waals surface area contributed by atoms with Gasteiger partial charge in [0, 0.05) is 17.5 Å². The largest absolute Gasteiger partial charge is 0.469 e. The third kappa shape index (κ3) is 2.33. The van der Waals surface area contributed by atoms with Crippen molar-refractivity contribution in [2.45, 2.75) is 32.2 Å². The third-order valence-electron chi connectivity index (χ3n) is 3.76. The number of hydrogen-bond donors (Lipinski definition) is 1. The molecule has 0 saturated carbocycles. The molecule has 2 aromatic rings. The molecular formula is C16H16FNO2. The topological polar surface area (TPSA) is 42.2 Å². The van der Waals surface area contributed by atoms with Crippen LogP contribution in [-0.4, -0.2) is 5.91 Å². The summed E-state index contributed by atoms with van der Waals surface area (Å²) in [5, 5.41) is 3.02. The SMILES string of the molecule is Cc1coc2c1C(NC(=O)c1ccc(F)cc1)CCC2. The lowest BCUT2D eigenvalue weighted by atomic mass is 9.90. The molecule has 3 rings (SSSR count). The van der Waals surface area contributed by atoms with Gasteiger partial charge in [0.1, 0.15) is 11.6 Å². The van der Waals surface area contributed by atoms with E-state index < -0.39 is 0 Å². The Morgan fingerprint density at radius 1 is 1.35 bits per heavy atom. The van der Waals surface area contributed by atoms with Crippen molar-refractivity contribution in [2.24, 2.45) is 0 Å². The minimum atomic E-state index is -0.341. The van der Waals surface area contributed by atoms with Crippen LogP contribution in [0, 0.1) is 12.7 Å². The highest BCUT2D eigenvalue weighted by atomic mass is 19.1. The summed E-state index contributed by atoms with van der Waals surface area (Å²) in [4.78, 5) is 12.2. The maximum absolute atomic E-state index is 12.9. The van der Waals surface area contributed by atoms with Gasteiger partial charge in [0.15, 0.2) is 0 Å². The number of carbonyl (C=O) groups is 1. The average molecular weight is 273 g/mol. The molecule has 0 spiro atoms. The second-order valence-electron chi connectivity index (χ2n) is 5.18. The molecule has 0 fully saturated rings. The van der Waals surface area contributed by atoms with Crippen LogP contribution in [0.3, 0.4) is 0 Å². The standard InChI is InChI=1S/C16H16FNO2/c1-10-9-20-14-4-2-3-13(15(10)14)18-16(19)11-5-7-12(17)8-6-11/h5-9,13H,2-4H2,1H3,(H,18,19). The number of hydrogen-bond acceptors (Lipinski definition) is 2. The van der Waals surface area contributed by atoms with Crippen molar-refractivity contribution in [1.29, 1.82) is 0 Å². The number of aryl methyl sites for hydroxylation is 2. The van der Waals surface area contributed by atoms with Crippen molar-refractivity contribution in [3.8, 4) is 0 Å². The van der Waals surface area contributed by atoms with Crippen LogP contribution < -0.4 is 5.32 Å². The van der Waals surface area contributed by atoms with Crippen LogP contribution in [0.15, 0.2) is 34.9 Å². The molecule has 1 aliphatic carbocycles. The first kappa shape index (κ1) is 12.9. The average Bonchev–Trinajstić information content (AvgIpc) is 2.82. The Morgan fingerprint density at radius 2 is 2.10 bits per heavy atom. The molecule has 0 bridgehead atoms. The van der Waals surface area contributed by atoms with Gasteiger partial charge in [-0.15, -0.1) is 0 Å². The fourth-order valence-electron chi connectivity index (χ4n) is 2.77. The summed E-state index contributed by atoms with van der Waals surface area (Å²) in [6.45, 7) is 1.99. The lowest BCUT2D eigenvalue weighted by Crippen LogP contribution is -2.30. The number of rotatable bonds is 2. The third-order valence-corrected chi connectivity index (χ3v) is 3.76. The Bertz CT molecular complexity index is 630. The van der Waals surface area contributed by atoms with Crippen molar-refractivity contribution in [3.05, 3.63) is 58.8 Å². The fourth-order valence-corrected chi connectivity index (χ4v) is 2.77. The highest BCUT2D eigenvalue weighted by Crippen LogP contribution is 2.33. The van der Waals surface area contributed by atoms with Crippen molar-refractivity contribution in [2.75, 3.05) is 0 Å². The molecule has 104 valence electrons. The van der Waals surface area contributed by atoms with E-state index in [4.69, 9.17) is 4.42 Å². The van der Waals surface area contributed by atoms with Gasteiger partial charge in [-0.25, -0.2) is 4.39 Å². The van der Waals surface area contributed by atoms with Gasteiger partial charge in [0.25, 0.3) is 5.91 Å². The Morgan fingerprint density at radius 3 is 2.85 bits per heavy atom. The van der Waals surface area contributed by atoms with E-state index in [9.17, 15) is 9.18 Å². The Kier molecular flexibility index (Phi) is 3.30. The van der Waals surface area contributed by atoms with Gasteiger partial charge in [-0.2, -0.15) is 0 Å². The number of nitrogens with one attached hydrogen (secondary N) is 1. The quantitative estimate of drug-likeness (QED) is 0.909. The van der Waals surface area contributed by atoms with Crippen LogP contribution in [0.5, 0.6) is 0 Å². The molecule has 1 heterocycles. The molecule has 0 radical (unpaired) electrons. The van der Waals surface area contributed by atoms with Gasteiger partial charge in [-0.05, 0) is 49.6 Å². The minimum Gasteiger partial charge on any atom is -0.469 e. The summed E-state index contributed by atoms with van der Waals surface area (Å²) in [7, 11) is 0. The van der Waals surface area contributed by atoms with E-state index in [1.165, 1.54) is 24.3 Å². The van der Waals surface area contributed by atoms with E-state index in [1.54, 1.807) is 6.26 Å². The lowest BCUT2D eigenvalue weighted by molar-refractivity contribution is 0.0932. The summed E-state index contributed by atoms with van der Waals surface area (Å²) in [5.74, 6) is 0.453. The zero-order valence-electron chi connectivity index (χ0n) is 11.3. The normalized spacial score (nSPS) is 17.6. The smallest absolute Gasteiger partial charge is 0.251 e. The van der Waals surface area contributed by atoms with Gasteiger partial charge >= 0.3 is 0 Å². The first-order valence-electron chi connectivity index (χ1n) is 6.78. The van der Waals surface area contributed by atoms with Gasteiger partial charge < -0.3 is 9.73 Å². The van der Waals surface area contributed by atoms with Crippen molar-refractivity contribution in [3.63, 3.8) is 0 Å². The van der Waals surface area contributed by atoms with Gasteiger partial charge in [0.2, 0.25) is 0 Å². The van der Waals surface area contributed by atoms with E-state index in [0.29, 0.717) is 5.56 Å². The summed E-state index contributed by atoms with van der Waals surface area (Å²) in [6, 6.07) is 5.57. The number of halogens is 1. The fraction of sp³-hybridized carbons (Fsp3) is 0.312.